The minimum absolute atomic E-state index is 0.0124. The predicted octanol–water partition coefficient (Wildman–Crippen LogP) is 12.3. The first-order chi connectivity index (χ1) is 39.8. The first-order valence-electron chi connectivity index (χ1n) is 27.2. The number of carbonyl (C=O) groups excluding carboxylic acids is 3. The minimum Gasteiger partial charge on any atom is -0.497 e. The van der Waals surface area contributed by atoms with Crippen LogP contribution in [0.2, 0.25) is 0 Å². The van der Waals surface area contributed by atoms with Crippen LogP contribution in [0, 0.1) is 23.3 Å². The largest absolute Gasteiger partial charge is 0.497 e. The monoisotopic (exact) mass is 1100 g/mol. The number of halogens is 4. The van der Waals surface area contributed by atoms with E-state index >= 15 is 8.78 Å². The van der Waals surface area contributed by atoms with Crippen molar-refractivity contribution in [2.75, 3.05) is 29.6 Å². The normalized spacial score (nSPS) is 16.2. The van der Waals surface area contributed by atoms with Crippen molar-refractivity contribution in [3.8, 4) is 16.9 Å². The van der Waals surface area contributed by atoms with Crippen LogP contribution in [0.1, 0.15) is 73.4 Å². The van der Waals surface area contributed by atoms with Crippen molar-refractivity contribution < 1.29 is 46.6 Å². The molecule has 82 heavy (non-hydrogen) atoms. The fourth-order valence-corrected chi connectivity index (χ4v) is 12.7. The van der Waals surface area contributed by atoms with Gasteiger partial charge in [0, 0.05) is 89.1 Å². The molecule has 17 heteroatoms. The van der Waals surface area contributed by atoms with Crippen molar-refractivity contribution in [3.63, 3.8) is 0 Å². The van der Waals surface area contributed by atoms with E-state index in [9.17, 15) is 33.1 Å². The van der Waals surface area contributed by atoms with Gasteiger partial charge in [0.05, 0.1) is 34.8 Å². The van der Waals surface area contributed by atoms with Gasteiger partial charge in [0.2, 0.25) is 5.91 Å². The Morgan fingerprint density at radius 2 is 1.10 bits per heavy atom. The topological polar surface area (TPSA) is 161 Å². The molecule has 0 amide bonds. The number of unbranched alkanes of at least 4 members (excludes halogenated alkanes) is 2. The number of aromatic nitrogens is 3. The van der Waals surface area contributed by atoms with E-state index in [1.165, 1.54) is 10.6 Å². The molecule has 3 aromatic heterocycles. The van der Waals surface area contributed by atoms with Gasteiger partial charge >= 0.3 is 5.97 Å². The van der Waals surface area contributed by atoms with Gasteiger partial charge in [-0.25, -0.2) is 22.4 Å². The Hall–Kier alpha value is -9.48. The number of anilines is 3. The summed E-state index contributed by atoms with van der Waals surface area (Å²) in [7, 11) is 1.66. The summed E-state index contributed by atoms with van der Waals surface area (Å²) in [5.74, 6) is -7.76. The fourth-order valence-electron chi connectivity index (χ4n) is 12.7. The second-order valence-corrected chi connectivity index (χ2v) is 21.2. The van der Waals surface area contributed by atoms with Crippen molar-refractivity contribution in [2.24, 2.45) is 0 Å². The Morgan fingerprint density at radius 1 is 0.585 bits per heavy atom. The number of carbonyl (C=O) groups is 4. The van der Waals surface area contributed by atoms with Crippen LogP contribution in [-0.4, -0.2) is 74.3 Å². The highest BCUT2D eigenvalue weighted by Crippen LogP contribution is 2.44. The summed E-state index contributed by atoms with van der Waals surface area (Å²) in [4.78, 5) is 55.0. The Morgan fingerprint density at radius 3 is 1.68 bits per heavy atom. The molecule has 0 saturated heterocycles. The lowest BCUT2D eigenvalue weighted by Crippen LogP contribution is -2.45. The second kappa shape index (κ2) is 20.6. The molecule has 6 heterocycles. The first kappa shape index (κ1) is 51.9. The zero-order chi connectivity index (χ0) is 56.6. The molecular weight excluding hydrogens is 1050 g/mol. The SMILES string of the molecule is COc1ccc(C(NCCCCCC(=O)n2ccc3c4c(ccc32)NC(C(=O)n2ccc3c5c(ccc32)NC(C(=O)n2cc(-c3c(F)c(F)cc(F)c3F)c3c6c(ccc32)NC(C(=O)O)C6)C5)C4)(c2ccccc2)c2ccccc2)cc1. The van der Waals surface area contributed by atoms with Crippen molar-refractivity contribution in [1.82, 2.24) is 19.0 Å². The quantitative estimate of drug-likeness (QED) is 0.0289. The summed E-state index contributed by atoms with van der Waals surface area (Å²) in [6, 6.07) is 40.7. The van der Waals surface area contributed by atoms with Gasteiger partial charge in [-0.1, -0.05) is 79.2 Å². The molecule has 3 unspecified atom stereocenters. The van der Waals surface area contributed by atoms with E-state index < -0.39 is 64.4 Å². The second-order valence-electron chi connectivity index (χ2n) is 21.2. The number of carboxylic acids is 1. The number of nitrogens with zero attached hydrogens (tertiary/aromatic N) is 3. The third-order valence-electron chi connectivity index (χ3n) is 16.7. The maximum atomic E-state index is 15.5. The standard InChI is InChI=1S/C65H53F4N7O6/c1-82-39-18-16-38(17-19-39)65(36-11-5-2-6-12-36,37-13-7-3-8-14-37)70-28-10-4-9-15-57(77)74-29-26-40-42-31-51(71-48(42)20-23-54(40)74)62(78)75-30-27-41-43-32-52(72-49(43)21-24-55(41)75)63(79)76-35-45(59-60(68)46(66)34-47(67)61(59)69)58-44-33-53(64(80)81)73-50(44)22-25-56(58)76/h2-3,5-8,11-14,16-27,29-30,34-35,51-53,70-73H,4,9-10,15,28,31-33H2,1H3,(H,80,81). The number of rotatable bonds is 15. The number of aliphatic carboxylic acids is 1. The molecule has 3 aliphatic rings. The van der Waals surface area contributed by atoms with Gasteiger partial charge < -0.3 is 25.8 Å². The van der Waals surface area contributed by atoms with Gasteiger partial charge in [-0.15, -0.1) is 0 Å². The summed E-state index contributed by atoms with van der Waals surface area (Å²) >= 11 is 0. The maximum Gasteiger partial charge on any atom is 0.326 e. The number of nitrogens with one attached hydrogen (secondary N) is 4. The van der Waals surface area contributed by atoms with E-state index in [0.717, 1.165) is 74.6 Å². The van der Waals surface area contributed by atoms with Crippen LogP contribution < -0.4 is 26.0 Å². The highest BCUT2D eigenvalue weighted by Gasteiger charge is 2.38. The first-order valence-corrected chi connectivity index (χ1v) is 27.2. The number of carboxylic acid groups (broad SMARTS) is 1. The van der Waals surface area contributed by atoms with Crippen LogP contribution in [0.25, 0.3) is 43.8 Å². The highest BCUT2D eigenvalue weighted by molar-refractivity contribution is 6.09. The van der Waals surface area contributed by atoms with Crippen molar-refractivity contribution in [2.45, 2.75) is 68.6 Å². The molecular formula is C65H53F4N7O6. The number of hydrogen-bond donors (Lipinski definition) is 5. The maximum absolute atomic E-state index is 15.5. The molecule has 7 aromatic carbocycles. The van der Waals surface area contributed by atoms with Crippen LogP contribution in [0.5, 0.6) is 5.75 Å². The van der Waals surface area contributed by atoms with E-state index in [1.54, 1.807) is 40.6 Å². The highest BCUT2D eigenvalue weighted by atomic mass is 19.2. The average Bonchev–Trinajstić information content (AvgIpc) is 3.84. The van der Waals surface area contributed by atoms with Crippen molar-refractivity contribution in [1.29, 1.82) is 0 Å². The van der Waals surface area contributed by atoms with Crippen LogP contribution in [-0.2, 0) is 29.6 Å². The summed E-state index contributed by atoms with van der Waals surface area (Å²) in [5.41, 5.74) is 6.68. The Balaban J connectivity index is 0.684. The molecule has 3 atom stereocenters. The molecule has 0 radical (unpaired) electrons. The Labute approximate surface area is 467 Å². The Kier molecular flexibility index (Phi) is 13.0. The summed E-state index contributed by atoms with van der Waals surface area (Å²) in [6.07, 6.45) is 7.77. The van der Waals surface area contributed by atoms with Gasteiger partial charge in [0.15, 0.2) is 23.3 Å². The smallest absolute Gasteiger partial charge is 0.326 e. The van der Waals surface area contributed by atoms with Gasteiger partial charge in [-0.05, 0) is 113 Å². The zero-order valence-electron chi connectivity index (χ0n) is 44.2. The molecule has 10 aromatic rings. The predicted molar refractivity (Wildman–Crippen MR) is 306 cm³/mol. The zero-order valence-corrected chi connectivity index (χ0v) is 44.2. The molecule has 5 N–H and O–H groups in total. The number of methoxy groups -OCH3 is 1. The van der Waals surface area contributed by atoms with Crippen LogP contribution in [0.3, 0.4) is 0 Å². The van der Waals surface area contributed by atoms with E-state index in [1.807, 2.05) is 54.7 Å². The number of hydrogen-bond acceptors (Lipinski definition) is 9. The lowest BCUT2D eigenvalue weighted by atomic mass is 9.77. The van der Waals surface area contributed by atoms with Gasteiger partial charge in [0.25, 0.3) is 11.8 Å². The van der Waals surface area contributed by atoms with Crippen LogP contribution in [0.15, 0.2) is 158 Å². The number of ether oxygens (including phenoxy) is 1. The minimum atomic E-state index is -1.66. The molecule has 13 rings (SSSR count). The average molecular weight is 1100 g/mol. The van der Waals surface area contributed by atoms with Gasteiger partial charge in [0.1, 0.15) is 23.9 Å². The molecule has 13 nitrogen and oxygen atoms in total. The van der Waals surface area contributed by atoms with Crippen LogP contribution >= 0.6 is 0 Å². The molecule has 0 saturated carbocycles. The summed E-state index contributed by atoms with van der Waals surface area (Å²) < 4.78 is 70.4. The van der Waals surface area contributed by atoms with Gasteiger partial charge in [-0.3, -0.25) is 33.4 Å². The number of fused-ring (bicyclic) bond motifs is 9. The van der Waals surface area contributed by atoms with E-state index in [0.29, 0.717) is 48.3 Å². The summed E-state index contributed by atoms with van der Waals surface area (Å²) in [6.45, 7) is 0.700. The van der Waals surface area contributed by atoms with Crippen molar-refractivity contribution in [3.05, 3.63) is 215 Å². The molecule has 0 bridgehead atoms. The summed E-state index contributed by atoms with van der Waals surface area (Å²) in [5, 5.41) is 25.0. The number of benzene rings is 7. The molecule has 0 spiro atoms. The Bertz CT molecular complexity index is 4170. The van der Waals surface area contributed by atoms with Gasteiger partial charge in [-0.2, -0.15) is 0 Å². The van der Waals surface area contributed by atoms with Crippen LogP contribution in [0.4, 0.5) is 34.6 Å². The van der Waals surface area contributed by atoms with E-state index in [-0.39, 0.29) is 47.2 Å². The molecule has 3 aliphatic heterocycles. The third kappa shape index (κ3) is 8.56. The molecule has 0 fully saturated rings. The molecule has 412 valence electrons. The van der Waals surface area contributed by atoms with Crippen molar-refractivity contribution >= 4 is 73.5 Å². The van der Waals surface area contributed by atoms with E-state index in [4.69, 9.17) is 4.74 Å². The third-order valence-corrected chi connectivity index (χ3v) is 16.7. The lowest BCUT2D eigenvalue weighted by molar-refractivity contribution is -0.137. The van der Waals surface area contributed by atoms with E-state index in [2.05, 4.69) is 81.9 Å². The molecule has 0 aliphatic carbocycles. The fraction of sp³-hybridized carbons (Fsp3) is 0.200. The lowest BCUT2D eigenvalue weighted by Gasteiger charge is -2.37.